The van der Waals surface area contributed by atoms with Crippen molar-refractivity contribution in [3.8, 4) is 6.07 Å². The normalized spacial score (nSPS) is 9.77. The van der Waals surface area contributed by atoms with E-state index in [0.717, 1.165) is 5.56 Å². The van der Waals surface area contributed by atoms with Gasteiger partial charge in [0.2, 0.25) is 5.91 Å². The van der Waals surface area contributed by atoms with Gasteiger partial charge in [-0.15, -0.1) is 11.3 Å². The number of nitrogens with one attached hydrogen (secondary N) is 2. The number of hydrogen-bond donors (Lipinski definition) is 2. The Morgan fingerprint density at radius 3 is 2.77 bits per heavy atom. The summed E-state index contributed by atoms with van der Waals surface area (Å²) in [6, 6.07) is 12.7. The second-order valence-electron chi connectivity index (χ2n) is 4.57. The lowest BCUT2D eigenvalue weighted by atomic mass is 10.1. The molecule has 0 saturated heterocycles. The van der Waals surface area contributed by atoms with E-state index in [0.29, 0.717) is 23.5 Å². The molecule has 1 aromatic carbocycles. The summed E-state index contributed by atoms with van der Waals surface area (Å²) in [6.45, 7) is 0.661. The van der Waals surface area contributed by atoms with Crippen molar-refractivity contribution in [1.82, 2.24) is 10.6 Å². The Kier molecular flexibility index (Phi) is 5.69. The molecule has 2 N–H and O–H groups in total. The minimum atomic E-state index is -0.162. The van der Waals surface area contributed by atoms with E-state index in [1.165, 1.54) is 11.3 Å². The van der Waals surface area contributed by atoms with Gasteiger partial charge in [-0.2, -0.15) is 5.26 Å². The topological polar surface area (TPSA) is 82.0 Å². The monoisotopic (exact) mass is 313 g/mol. The summed E-state index contributed by atoms with van der Waals surface area (Å²) >= 11 is 1.36. The molecule has 5 nitrogen and oxygen atoms in total. The second-order valence-corrected chi connectivity index (χ2v) is 5.52. The van der Waals surface area contributed by atoms with Crippen LogP contribution in [0.3, 0.4) is 0 Å². The van der Waals surface area contributed by atoms with E-state index < -0.39 is 0 Å². The lowest BCUT2D eigenvalue weighted by molar-refractivity contribution is -0.121. The highest BCUT2D eigenvalue weighted by molar-refractivity contribution is 7.12. The number of benzene rings is 1. The first-order chi connectivity index (χ1) is 10.7. The van der Waals surface area contributed by atoms with Gasteiger partial charge in [0.15, 0.2) is 0 Å². The fourth-order valence-electron chi connectivity index (χ4n) is 1.82. The molecule has 2 aromatic rings. The molecule has 0 bridgehead atoms. The zero-order valence-electron chi connectivity index (χ0n) is 11.8. The Bertz CT molecular complexity index is 690. The molecule has 0 spiro atoms. The van der Waals surface area contributed by atoms with Crippen LogP contribution >= 0.6 is 11.3 Å². The van der Waals surface area contributed by atoms with Crippen molar-refractivity contribution in [2.75, 3.05) is 6.54 Å². The molecule has 0 aliphatic heterocycles. The molecule has 22 heavy (non-hydrogen) atoms. The molecule has 2 rings (SSSR count). The highest BCUT2D eigenvalue weighted by atomic mass is 32.1. The summed E-state index contributed by atoms with van der Waals surface area (Å²) in [4.78, 5) is 24.0. The smallest absolute Gasteiger partial charge is 0.261 e. The van der Waals surface area contributed by atoms with E-state index in [1.54, 1.807) is 24.3 Å². The van der Waals surface area contributed by atoms with Crippen molar-refractivity contribution < 1.29 is 9.59 Å². The van der Waals surface area contributed by atoms with Crippen LogP contribution in [0.2, 0.25) is 0 Å². The summed E-state index contributed by atoms with van der Waals surface area (Å²) in [6.07, 6.45) is 0.217. The lowest BCUT2D eigenvalue weighted by Gasteiger charge is -2.06. The van der Waals surface area contributed by atoms with E-state index in [1.807, 2.05) is 17.5 Å². The van der Waals surface area contributed by atoms with Crippen LogP contribution in [-0.4, -0.2) is 18.4 Å². The molecule has 1 aromatic heterocycles. The Hall–Kier alpha value is -2.65. The first kappa shape index (κ1) is 15.7. The van der Waals surface area contributed by atoms with Crippen LogP contribution in [0.25, 0.3) is 0 Å². The molecular weight excluding hydrogens is 298 g/mol. The van der Waals surface area contributed by atoms with Crippen LogP contribution in [0.1, 0.15) is 27.2 Å². The summed E-state index contributed by atoms with van der Waals surface area (Å²) in [5.74, 6) is -0.307. The molecule has 0 aliphatic rings. The molecule has 0 saturated carbocycles. The highest BCUT2D eigenvalue weighted by Crippen LogP contribution is 2.07. The maximum atomic E-state index is 11.7. The maximum Gasteiger partial charge on any atom is 0.261 e. The third-order valence-electron chi connectivity index (χ3n) is 2.93. The number of carbonyl (C=O) groups is 2. The molecular formula is C16H15N3O2S. The molecule has 0 aliphatic carbocycles. The first-order valence-electron chi connectivity index (χ1n) is 6.76. The largest absolute Gasteiger partial charge is 0.352 e. The van der Waals surface area contributed by atoms with E-state index in [4.69, 9.17) is 5.26 Å². The fraction of sp³-hybridized carbons (Fsp3) is 0.188. The van der Waals surface area contributed by atoms with Gasteiger partial charge in [0.25, 0.3) is 5.91 Å². The van der Waals surface area contributed by atoms with Crippen LogP contribution < -0.4 is 10.6 Å². The number of rotatable bonds is 6. The van der Waals surface area contributed by atoms with Crippen molar-refractivity contribution in [1.29, 1.82) is 5.26 Å². The standard InChI is InChI=1S/C16H15N3O2S/c17-10-12-3-1-4-13(9-12)11-19-15(20)6-7-18-16(21)14-5-2-8-22-14/h1-5,8-9H,6-7,11H2,(H,18,21)(H,19,20). The first-order valence-corrected chi connectivity index (χ1v) is 7.64. The SMILES string of the molecule is N#Cc1cccc(CNC(=O)CCNC(=O)c2cccs2)c1. The molecule has 0 fully saturated rings. The number of nitriles is 1. The summed E-state index contributed by atoms with van der Waals surface area (Å²) in [5.41, 5.74) is 1.44. The van der Waals surface area contributed by atoms with E-state index >= 15 is 0 Å². The summed E-state index contributed by atoms with van der Waals surface area (Å²) in [7, 11) is 0. The van der Waals surface area contributed by atoms with Gasteiger partial charge in [0.1, 0.15) is 0 Å². The minimum Gasteiger partial charge on any atom is -0.352 e. The van der Waals surface area contributed by atoms with Gasteiger partial charge in [-0.3, -0.25) is 9.59 Å². The summed E-state index contributed by atoms with van der Waals surface area (Å²) in [5, 5.41) is 16.1. The highest BCUT2D eigenvalue weighted by Gasteiger charge is 2.07. The van der Waals surface area contributed by atoms with Crippen LogP contribution in [-0.2, 0) is 11.3 Å². The quantitative estimate of drug-likeness (QED) is 0.856. The molecule has 6 heteroatoms. The van der Waals surface area contributed by atoms with Crippen LogP contribution in [0.15, 0.2) is 41.8 Å². The van der Waals surface area contributed by atoms with Gasteiger partial charge in [-0.1, -0.05) is 18.2 Å². The average molecular weight is 313 g/mol. The van der Waals surface area contributed by atoms with Crippen molar-refractivity contribution in [3.63, 3.8) is 0 Å². The van der Waals surface area contributed by atoms with Gasteiger partial charge in [0.05, 0.1) is 16.5 Å². The number of amides is 2. The number of thiophene rings is 1. The Balaban J connectivity index is 1.70. The van der Waals surface area contributed by atoms with Gasteiger partial charge < -0.3 is 10.6 Å². The van der Waals surface area contributed by atoms with Gasteiger partial charge in [0, 0.05) is 19.5 Å². The molecule has 1 heterocycles. The van der Waals surface area contributed by atoms with E-state index in [9.17, 15) is 9.59 Å². The predicted molar refractivity (Wildman–Crippen MR) is 84.3 cm³/mol. The minimum absolute atomic E-state index is 0.145. The predicted octanol–water partition coefficient (Wildman–Crippen LogP) is 2.06. The molecule has 0 unspecified atom stereocenters. The second kappa shape index (κ2) is 7.96. The number of hydrogen-bond acceptors (Lipinski definition) is 4. The van der Waals surface area contributed by atoms with Gasteiger partial charge >= 0.3 is 0 Å². The third kappa shape index (κ3) is 4.72. The molecule has 0 atom stereocenters. The van der Waals surface area contributed by atoms with E-state index in [2.05, 4.69) is 16.7 Å². The van der Waals surface area contributed by atoms with Crippen LogP contribution in [0.4, 0.5) is 0 Å². The average Bonchev–Trinajstić information content (AvgIpc) is 3.07. The zero-order valence-corrected chi connectivity index (χ0v) is 12.7. The third-order valence-corrected chi connectivity index (χ3v) is 3.80. The lowest BCUT2D eigenvalue weighted by Crippen LogP contribution is -2.30. The van der Waals surface area contributed by atoms with Crippen molar-refractivity contribution in [2.24, 2.45) is 0 Å². The van der Waals surface area contributed by atoms with Gasteiger partial charge in [-0.25, -0.2) is 0 Å². The van der Waals surface area contributed by atoms with E-state index in [-0.39, 0.29) is 18.2 Å². The molecule has 2 amide bonds. The zero-order chi connectivity index (χ0) is 15.8. The Labute approximate surface area is 132 Å². The Morgan fingerprint density at radius 2 is 2.05 bits per heavy atom. The van der Waals surface area contributed by atoms with Crippen molar-refractivity contribution in [3.05, 3.63) is 57.8 Å². The number of carbonyl (C=O) groups excluding carboxylic acids is 2. The van der Waals surface area contributed by atoms with Gasteiger partial charge in [-0.05, 0) is 29.1 Å². The van der Waals surface area contributed by atoms with Crippen LogP contribution in [0.5, 0.6) is 0 Å². The Morgan fingerprint density at radius 1 is 1.18 bits per heavy atom. The summed E-state index contributed by atoms with van der Waals surface area (Å²) < 4.78 is 0. The van der Waals surface area contributed by atoms with Crippen molar-refractivity contribution in [2.45, 2.75) is 13.0 Å². The van der Waals surface area contributed by atoms with Crippen LogP contribution in [0, 0.1) is 11.3 Å². The molecule has 0 radical (unpaired) electrons. The maximum absolute atomic E-state index is 11.7. The number of nitrogens with zero attached hydrogens (tertiary/aromatic N) is 1. The fourth-order valence-corrected chi connectivity index (χ4v) is 2.46. The van der Waals surface area contributed by atoms with Crippen molar-refractivity contribution >= 4 is 23.2 Å². The molecule has 112 valence electrons.